The van der Waals surface area contributed by atoms with Crippen LogP contribution in [-0.2, 0) is 10.0 Å². The van der Waals surface area contributed by atoms with Crippen molar-refractivity contribution < 1.29 is 17.8 Å². The highest BCUT2D eigenvalue weighted by Gasteiger charge is 2.34. The molecule has 2 fully saturated rings. The van der Waals surface area contributed by atoms with Crippen LogP contribution in [0, 0.1) is 10.1 Å². The average molecular weight is 491 g/mol. The van der Waals surface area contributed by atoms with E-state index < -0.39 is 14.9 Å². The van der Waals surface area contributed by atoms with Crippen LogP contribution in [-0.4, -0.2) is 48.8 Å². The van der Waals surface area contributed by atoms with Crippen LogP contribution in [0.25, 0.3) is 11.1 Å². The number of benzene rings is 2. The van der Waals surface area contributed by atoms with Gasteiger partial charge in [0.25, 0.3) is 5.69 Å². The topological polar surface area (TPSA) is 110 Å². The first kappa shape index (κ1) is 22.1. The van der Waals surface area contributed by atoms with Gasteiger partial charge in [0.2, 0.25) is 10.0 Å². The van der Waals surface area contributed by atoms with Crippen LogP contribution >= 0.6 is 11.6 Å². The van der Waals surface area contributed by atoms with Crippen molar-refractivity contribution in [2.24, 2.45) is 0 Å². The summed E-state index contributed by atoms with van der Waals surface area (Å²) in [6.07, 6.45) is 3.04. The number of non-ortho nitro benzene ring substituents is 1. The van der Waals surface area contributed by atoms with E-state index >= 15 is 0 Å². The molecule has 2 aromatic carbocycles. The Labute approximate surface area is 196 Å². The molecule has 3 heterocycles. The van der Waals surface area contributed by atoms with Gasteiger partial charge in [-0.3, -0.25) is 10.1 Å². The Morgan fingerprint density at radius 2 is 1.79 bits per heavy atom. The maximum Gasteiger partial charge on any atom is 0.270 e. The third-order valence-electron chi connectivity index (χ3n) is 6.39. The Morgan fingerprint density at radius 3 is 2.48 bits per heavy atom. The summed E-state index contributed by atoms with van der Waals surface area (Å²) >= 11 is 6.05. The number of hydrogen-bond acceptors (Lipinski definition) is 7. The molecular formula is C22H23ClN4O5S. The highest BCUT2D eigenvalue weighted by atomic mass is 35.5. The number of nitro groups is 1. The number of piperidine rings is 1. The molecule has 0 spiro atoms. The zero-order valence-corrected chi connectivity index (χ0v) is 19.4. The normalized spacial score (nSPS) is 18.3. The number of aromatic nitrogens is 1. The number of nitrogens with zero attached hydrogens (tertiary/aromatic N) is 4. The van der Waals surface area contributed by atoms with Gasteiger partial charge in [-0.1, -0.05) is 11.6 Å². The third-order valence-corrected chi connectivity index (χ3v) is 8.55. The van der Waals surface area contributed by atoms with E-state index in [0.717, 1.165) is 25.7 Å². The lowest BCUT2D eigenvalue weighted by molar-refractivity contribution is -0.385. The van der Waals surface area contributed by atoms with Gasteiger partial charge in [0, 0.05) is 49.3 Å². The highest BCUT2D eigenvalue weighted by molar-refractivity contribution is 7.89. The Hall–Kier alpha value is -2.69. The largest absolute Gasteiger partial charge is 0.440 e. The number of sulfonamides is 1. The molecule has 0 unspecified atom stereocenters. The van der Waals surface area contributed by atoms with E-state index in [9.17, 15) is 18.5 Å². The first-order valence-electron chi connectivity index (χ1n) is 10.9. The number of nitro benzene ring substituents is 1. The lowest BCUT2D eigenvalue weighted by Crippen LogP contribution is -2.35. The molecule has 33 heavy (non-hydrogen) atoms. The van der Waals surface area contributed by atoms with Gasteiger partial charge in [0.1, 0.15) is 10.4 Å². The molecule has 0 saturated carbocycles. The van der Waals surface area contributed by atoms with Crippen LogP contribution in [0.1, 0.15) is 37.5 Å². The predicted octanol–water partition coefficient (Wildman–Crippen LogP) is 4.56. The molecule has 3 aromatic rings. The van der Waals surface area contributed by atoms with Gasteiger partial charge in [-0.2, -0.15) is 4.31 Å². The van der Waals surface area contributed by atoms with Crippen molar-refractivity contribution in [1.29, 1.82) is 0 Å². The van der Waals surface area contributed by atoms with Crippen molar-refractivity contribution in [3.63, 3.8) is 0 Å². The second-order valence-electron chi connectivity index (χ2n) is 8.45. The third kappa shape index (κ3) is 4.18. The average Bonchev–Trinajstić information content (AvgIpc) is 3.49. The second-order valence-corrected chi connectivity index (χ2v) is 10.8. The van der Waals surface area contributed by atoms with Gasteiger partial charge < -0.3 is 9.32 Å². The second kappa shape index (κ2) is 8.58. The molecule has 5 rings (SSSR count). The quantitative estimate of drug-likeness (QED) is 0.381. The molecule has 2 aliphatic rings. The van der Waals surface area contributed by atoms with Gasteiger partial charge in [-0.25, -0.2) is 13.4 Å². The Bertz CT molecular complexity index is 1310. The zero-order chi connectivity index (χ0) is 23.2. The molecule has 0 N–H and O–H groups in total. The maximum absolute atomic E-state index is 13.3. The van der Waals surface area contributed by atoms with Crippen molar-refractivity contribution in [3.05, 3.63) is 57.4 Å². The Balaban J connectivity index is 1.41. The number of hydrogen-bond donors (Lipinski definition) is 0. The molecule has 1 aromatic heterocycles. The van der Waals surface area contributed by atoms with Gasteiger partial charge >= 0.3 is 0 Å². The predicted molar refractivity (Wildman–Crippen MR) is 124 cm³/mol. The zero-order valence-electron chi connectivity index (χ0n) is 17.8. The van der Waals surface area contributed by atoms with Crippen molar-refractivity contribution in [1.82, 2.24) is 9.29 Å². The highest BCUT2D eigenvalue weighted by Crippen LogP contribution is 2.37. The summed E-state index contributed by atoms with van der Waals surface area (Å²) in [5, 5.41) is 11.9. The van der Waals surface area contributed by atoms with Crippen LogP contribution in [0.3, 0.4) is 0 Å². The molecule has 2 saturated heterocycles. The maximum atomic E-state index is 13.3. The van der Waals surface area contributed by atoms with Crippen molar-refractivity contribution in [2.75, 3.05) is 31.1 Å². The minimum atomic E-state index is -3.82. The number of anilines is 1. The summed E-state index contributed by atoms with van der Waals surface area (Å²) in [5.74, 6) is 0.754. The fourth-order valence-corrected chi connectivity index (χ4v) is 6.53. The first-order valence-corrected chi connectivity index (χ1v) is 12.7. The fourth-order valence-electron chi connectivity index (χ4n) is 4.61. The molecule has 9 nitrogen and oxygen atoms in total. The smallest absolute Gasteiger partial charge is 0.270 e. The van der Waals surface area contributed by atoms with E-state index in [1.165, 1.54) is 16.4 Å². The molecule has 0 radical (unpaired) electrons. The Morgan fingerprint density at radius 1 is 1.06 bits per heavy atom. The van der Waals surface area contributed by atoms with Gasteiger partial charge in [-0.05, 0) is 49.9 Å². The molecule has 0 bridgehead atoms. The van der Waals surface area contributed by atoms with Crippen LogP contribution in [0.2, 0.25) is 5.02 Å². The lowest BCUT2D eigenvalue weighted by Gasteiger charge is -2.34. The molecule has 174 valence electrons. The van der Waals surface area contributed by atoms with Gasteiger partial charge in [0.05, 0.1) is 10.6 Å². The molecule has 0 atom stereocenters. The monoisotopic (exact) mass is 490 g/mol. The summed E-state index contributed by atoms with van der Waals surface area (Å²) in [4.78, 5) is 17.4. The molecule has 2 aliphatic heterocycles. The number of rotatable bonds is 5. The number of oxazole rings is 1. The van der Waals surface area contributed by atoms with E-state index in [1.807, 2.05) is 4.90 Å². The van der Waals surface area contributed by atoms with Crippen molar-refractivity contribution >= 4 is 44.1 Å². The Kier molecular flexibility index (Phi) is 5.75. The summed E-state index contributed by atoms with van der Waals surface area (Å²) in [6, 6.07) is 9.46. The first-order chi connectivity index (χ1) is 15.8. The molecular weight excluding hydrogens is 468 g/mol. The summed E-state index contributed by atoms with van der Waals surface area (Å²) < 4.78 is 34.0. The van der Waals surface area contributed by atoms with Gasteiger partial charge in [0.15, 0.2) is 11.5 Å². The minimum Gasteiger partial charge on any atom is -0.440 e. The van der Waals surface area contributed by atoms with Crippen molar-refractivity contribution in [2.45, 2.75) is 36.5 Å². The molecule has 11 heteroatoms. The van der Waals surface area contributed by atoms with Gasteiger partial charge in [-0.15, -0.1) is 0 Å². The SMILES string of the molecule is O=[N+]([O-])c1ccc(N2CCC(c3nc4cc(Cl)ccc4o3)CC2)c(S(=O)(=O)N2CCCC2)c1. The number of fused-ring (bicyclic) bond motifs is 1. The van der Waals surface area contributed by atoms with E-state index in [2.05, 4.69) is 4.98 Å². The lowest BCUT2D eigenvalue weighted by atomic mass is 9.96. The van der Waals surface area contributed by atoms with E-state index in [-0.39, 0.29) is 16.5 Å². The van der Waals surface area contributed by atoms with E-state index in [0.29, 0.717) is 53.9 Å². The molecule has 0 aliphatic carbocycles. The van der Waals surface area contributed by atoms with Crippen LogP contribution in [0.5, 0.6) is 0 Å². The summed E-state index contributed by atoms with van der Waals surface area (Å²) in [6.45, 7) is 2.05. The van der Waals surface area contributed by atoms with E-state index in [4.69, 9.17) is 16.0 Å². The molecule has 0 amide bonds. The summed E-state index contributed by atoms with van der Waals surface area (Å²) in [5.41, 5.74) is 1.69. The van der Waals surface area contributed by atoms with Crippen LogP contribution in [0.4, 0.5) is 11.4 Å². The fraction of sp³-hybridized carbons (Fsp3) is 0.409. The van der Waals surface area contributed by atoms with Crippen molar-refractivity contribution in [3.8, 4) is 0 Å². The standard InChI is InChI=1S/C22H23ClN4O5S/c23-16-3-6-20-18(13-16)24-22(32-20)15-7-11-25(12-8-15)19-5-4-17(27(28)29)14-21(19)33(30,31)26-9-1-2-10-26/h3-6,13-15H,1-2,7-12H2. The summed E-state index contributed by atoms with van der Waals surface area (Å²) in [7, 11) is -3.82. The van der Waals surface area contributed by atoms with Crippen LogP contribution in [0.15, 0.2) is 45.7 Å². The van der Waals surface area contributed by atoms with Crippen LogP contribution < -0.4 is 4.90 Å². The number of halogens is 1. The minimum absolute atomic E-state index is 0.00792. The van der Waals surface area contributed by atoms with E-state index in [1.54, 1.807) is 24.3 Å².